The zero-order valence-electron chi connectivity index (χ0n) is 10.1. The summed E-state index contributed by atoms with van der Waals surface area (Å²) in [7, 11) is 0. The van der Waals surface area contributed by atoms with Crippen molar-refractivity contribution in [3.8, 4) is 12.3 Å². The van der Waals surface area contributed by atoms with Crippen LogP contribution in [0.3, 0.4) is 0 Å². The Morgan fingerprint density at radius 1 is 1.69 bits per heavy atom. The summed E-state index contributed by atoms with van der Waals surface area (Å²) >= 11 is 0. The van der Waals surface area contributed by atoms with Crippen molar-refractivity contribution in [3.05, 3.63) is 0 Å². The molecule has 16 heavy (non-hydrogen) atoms. The van der Waals surface area contributed by atoms with Gasteiger partial charge in [-0.1, -0.05) is 6.92 Å². The highest BCUT2D eigenvalue weighted by molar-refractivity contribution is 4.89. The molecule has 0 aliphatic carbocycles. The van der Waals surface area contributed by atoms with Crippen LogP contribution in [0.5, 0.6) is 0 Å². The summed E-state index contributed by atoms with van der Waals surface area (Å²) in [4.78, 5) is 2.42. The highest BCUT2D eigenvalue weighted by atomic mass is 16.5. The van der Waals surface area contributed by atoms with Crippen LogP contribution in [0.2, 0.25) is 0 Å². The predicted octanol–water partition coefficient (Wildman–Crippen LogP) is 0.343. The van der Waals surface area contributed by atoms with Crippen LogP contribution in [0.1, 0.15) is 26.2 Å². The van der Waals surface area contributed by atoms with E-state index in [4.69, 9.17) is 17.0 Å². The van der Waals surface area contributed by atoms with Crippen molar-refractivity contribution in [1.82, 2.24) is 10.3 Å². The number of rotatable bonds is 6. The Labute approximate surface area is 98.5 Å². The lowest BCUT2D eigenvalue weighted by Crippen LogP contribution is -2.54. The Hall–Kier alpha value is -0.600. The molecular formula is C12H23N3O. The fourth-order valence-corrected chi connectivity index (χ4v) is 2.11. The Morgan fingerprint density at radius 2 is 2.50 bits per heavy atom. The van der Waals surface area contributed by atoms with E-state index in [9.17, 15) is 0 Å². The number of nitrogens with one attached hydrogen (secondary N) is 1. The summed E-state index contributed by atoms with van der Waals surface area (Å²) in [5, 5.41) is 0. The maximum absolute atomic E-state index is 5.75. The van der Waals surface area contributed by atoms with Gasteiger partial charge in [0.1, 0.15) is 0 Å². The molecule has 1 aliphatic heterocycles. The molecule has 0 aromatic carbocycles. The summed E-state index contributed by atoms with van der Waals surface area (Å²) < 4.78 is 5.75. The van der Waals surface area contributed by atoms with Crippen molar-refractivity contribution < 1.29 is 4.74 Å². The van der Waals surface area contributed by atoms with Gasteiger partial charge in [0.25, 0.3) is 0 Å². The average Bonchev–Trinajstić information content (AvgIpc) is 2.31. The van der Waals surface area contributed by atoms with E-state index < -0.39 is 0 Å². The number of terminal acetylenes is 1. The lowest BCUT2D eigenvalue weighted by atomic mass is 10.0. The molecule has 4 nitrogen and oxygen atoms in total. The van der Waals surface area contributed by atoms with E-state index in [0.717, 1.165) is 39.1 Å². The molecule has 1 aliphatic rings. The third-order valence-corrected chi connectivity index (χ3v) is 2.98. The number of hydrogen-bond acceptors (Lipinski definition) is 4. The zero-order valence-corrected chi connectivity index (χ0v) is 10.1. The highest BCUT2D eigenvalue weighted by Crippen LogP contribution is 2.12. The van der Waals surface area contributed by atoms with E-state index in [1.807, 2.05) is 0 Å². The number of ether oxygens (including phenoxy) is 1. The van der Waals surface area contributed by atoms with Crippen molar-refractivity contribution in [1.29, 1.82) is 0 Å². The minimum atomic E-state index is 0.163. The van der Waals surface area contributed by atoms with Crippen LogP contribution >= 0.6 is 0 Å². The number of morpholine rings is 1. The van der Waals surface area contributed by atoms with Gasteiger partial charge in [-0.05, 0) is 19.4 Å². The Morgan fingerprint density at radius 3 is 3.12 bits per heavy atom. The molecule has 1 saturated heterocycles. The first kappa shape index (κ1) is 13.5. The van der Waals surface area contributed by atoms with Crippen LogP contribution in [0.15, 0.2) is 0 Å². The normalized spacial score (nSPS) is 23.9. The summed E-state index contributed by atoms with van der Waals surface area (Å²) in [6.07, 6.45) is 8.22. The van der Waals surface area contributed by atoms with Crippen LogP contribution in [0.25, 0.3) is 0 Å². The molecule has 1 rings (SSSR count). The summed E-state index contributed by atoms with van der Waals surface area (Å²) in [5.74, 6) is 8.19. The molecule has 2 atom stereocenters. The van der Waals surface area contributed by atoms with Crippen molar-refractivity contribution in [2.75, 3.05) is 26.2 Å². The second-order valence-corrected chi connectivity index (χ2v) is 4.23. The molecule has 0 amide bonds. The number of hydrogen-bond donors (Lipinski definition) is 2. The van der Waals surface area contributed by atoms with E-state index in [0.29, 0.717) is 0 Å². The van der Waals surface area contributed by atoms with Gasteiger partial charge in [0.05, 0.1) is 12.7 Å². The van der Waals surface area contributed by atoms with E-state index >= 15 is 0 Å². The molecule has 0 aromatic rings. The van der Waals surface area contributed by atoms with Gasteiger partial charge in [-0.3, -0.25) is 16.2 Å². The lowest BCUT2D eigenvalue weighted by molar-refractivity contribution is -0.0473. The molecule has 0 radical (unpaired) electrons. The van der Waals surface area contributed by atoms with E-state index in [1.165, 1.54) is 6.42 Å². The van der Waals surface area contributed by atoms with E-state index in [2.05, 4.69) is 23.2 Å². The van der Waals surface area contributed by atoms with Gasteiger partial charge < -0.3 is 4.74 Å². The van der Waals surface area contributed by atoms with Crippen molar-refractivity contribution in [2.45, 2.75) is 38.3 Å². The highest BCUT2D eigenvalue weighted by Gasteiger charge is 2.26. The third-order valence-electron chi connectivity index (χ3n) is 2.98. The van der Waals surface area contributed by atoms with Gasteiger partial charge in [-0.15, -0.1) is 12.3 Å². The van der Waals surface area contributed by atoms with Gasteiger partial charge in [0.15, 0.2) is 0 Å². The molecular weight excluding hydrogens is 202 g/mol. The fourth-order valence-electron chi connectivity index (χ4n) is 2.11. The first-order chi connectivity index (χ1) is 7.81. The second kappa shape index (κ2) is 7.64. The minimum absolute atomic E-state index is 0.163. The number of nitrogens with two attached hydrogens (primary N) is 1. The molecule has 3 N–H and O–H groups in total. The van der Waals surface area contributed by atoms with Gasteiger partial charge >= 0.3 is 0 Å². The second-order valence-electron chi connectivity index (χ2n) is 4.23. The minimum Gasteiger partial charge on any atom is -0.374 e. The fraction of sp³-hybridized carbons (Fsp3) is 0.833. The molecule has 0 aromatic heterocycles. The Balaban J connectivity index is 2.40. The van der Waals surface area contributed by atoms with Gasteiger partial charge in [-0.25, -0.2) is 0 Å². The first-order valence-electron chi connectivity index (χ1n) is 6.05. The van der Waals surface area contributed by atoms with Crippen LogP contribution < -0.4 is 11.3 Å². The lowest BCUT2D eigenvalue weighted by Gasteiger charge is -2.36. The Bertz CT molecular complexity index is 225. The smallest absolute Gasteiger partial charge is 0.0869 e. The molecule has 2 unspecified atom stereocenters. The van der Waals surface area contributed by atoms with Crippen molar-refractivity contribution in [3.63, 3.8) is 0 Å². The van der Waals surface area contributed by atoms with Gasteiger partial charge in [-0.2, -0.15) is 0 Å². The molecule has 1 fully saturated rings. The van der Waals surface area contributed by atoms with Gasteiger partial charge in [0, 0.05) is 25.6 Å². The predicted molar refractivity (Wildman–Crippen MR) is 65.6 cm³/mol. The van der Waals surface area contributed by atoms with Crippen molar-refractivity contribution >= 4 is 0 Å². The summed E-state index contributed by atoms with van der Waals surface area (Å²) in [6.45, 7) is 6.09. The maximum atomic E-state index is 5.75. The first-order valence-corrected chi connectivity index (χ1v) is 6.05. The maximum Gasteiger partial charge on any atom is 0.0869 e. The Kier molecular flexibility index (Phi) is 6.43. The largest absolute Gasteiger partial charge is 0.374 e. The standard InChI is InChI=1S/C12H23N3O/c1-3-5-6-11(14-13)12-10-15(7-4-2)8-9-16-12/h1,11-12,14H,4-10,13H2,2H3. The third kappa shape index (κ3) is 4.11. The van der Waals surface area contributed by atoms with E-state index in [-0.39, 0.29) is 12.1 Å². The quantitative estimate of drug-likeness (QED) is 0.389. The molecule has 4 heteroatoms. The zero-order chi connectivity index (χ0) is 11.8. The van der Waals surface area contributed by atoms with Crippen LogP contribution in [0.4, 0.5) is 0 Å². The molecule has 92 valence electrons. The molecule has 0 bridgehead atoms. The van der Waals surface area contributed by atoms with Crippen LogP contribution in [-0.4, -0.2) is 43.3 Å². The van der Waals surface area contributed by atoms with Crippen LogP contribution in [-0.2, 0) is 4.74 Å². The average molecular weight is 225 g/mol. The van der Waals surface area contributed by atoms with Gasteiger partial charge in [0.2, 0.25) is 0 Å². The molecule has 0 saturated carbocycles. The van der Waals surface area contributed by atoms with Crippen molar-refractivity contribution in [2.24, 2.45) is 5.84 Å². The van der Waals surface area contributed by atoms with E-state index in [1.54, 1.807) is 0 Å². The topological polar surface area (TPSA) is 50.5 Å². The van der Waals surface area contributed by atoms with Crippen LogP contribution in [0, 0.1) is 12.3 Å². The summed E-state index contributed by atoms with van der Waals surface area (Å²) in [5.41, 5.74) is 2.82. The molecule has 0 spiro atoms. The summed E-state index contributed by atoms with van der Waals surface area (Å²) in [6, 6.07) is 0.163. The number of hydrazine groups is 1. The molecule has 1 heterocycles. The number of nitrogens with zero attached hydrogens (tertiary/aromatic N) is 1. The SMILES string of the molecule is C#CCCC(NN)C1CN(CCC)CCO1. The monoisotopic (exact) mass is 225 g/mol.